The Kier molecular flexibility index (Phi) is 7.65. The highest BCUT2D eigenvalue weighted by molar-refractivity contribution is 7.18. The second-order valence-corrected chi connectivity index (χ2v) is 7.67. The number of nitrogens with zero attached hydrogens (tertiary/aromatic N) is 2. The van der Waals surface area contributed by atoms with Crippen molar-refractivity contribution in [3.05, 3.63) is 33.5 Å². The molecular formula is C19H23F2N3O5S. The Morgan fingerprint density at radius 3 is 2.47 bits per heavy atom. The van der Waals surface area contributed by atoms with Crippen molar-refractivity contribution in [2.75, 3.05) is 11.9 Å². The van der Waals surface area contributed by atoms with E-state index in [1.165, 1.54) is 13.0 Å². The predicted molar refractivity (Wildman–Crippen MR) is 106 cm³/mol. The Morgan fingerprint density at radius 1 is 1.23 bits per heavy atom. The second kappa shape index (κ2) is 9.79. The van der Waals surface area contributed by atoms with Crippen molar-refractivity contribution in [2.45, 2.75) is 53.7 Å². The number of amides is 1. The molecule has 0 spiro atoms. The number of aromatic nitrogens is 2. The van der Waals surface area contributed by atoms with Crippen LogP contribution in [0.4, 0.5) is 13.8 Å². The first kappa shape index (κ1) is 23.5. The fourth-order valence-electron chi connectivity index (χ4n) is 2.68. The van der Waals surface area contributed by atoms with Crippen molar-refractivity contribution >= 4 is 34.2 Å². The summed E-state index contributed by atoms with van der Waals surface area (Å²) in [6.07, 6.45) is -3.22. The molecule has 30 heavy (non-hydrogen) atoms. The maximum Gasteiger partial charge on any atom is 0.348 e. The molecule has 2 heterocycles. The Labute approximate surface area is 176 Å². The molecule has 0 aliphatic heterocycles. The molecule has 1 N–H and O–H groups in total. The lowest BCUT2D eigenvalue weighted by Crippen LogP contribution is -2.22. The quantitative estimate of drug-likeness (QED) is 0.622. The Morgan fingerprint density at radius 2 is 1.90 bits per heavy atom. The first-order valence-electron chi connectivity index (χ1n) is 9.18. The highest BCUT2D eigenvalue weighted by Crippen LogP contribution is 2.34. The lowest BCUT2D eigenvalue weighted by Gasteiger charge is -2.11. The van der Waals surface area contributed by atoms with Crippen LogP contribution in [0.2, 0.25) is 0 Å². The average Bonchev–Trinajstić information content (AvgIpc) is 3.14. The number of ether oxygens (including phenoxy) is 2. The first-order chi connectivity index (χ1) is 14.0. The van der Waals surface area contributed by atoms with Gasteiger partial charge in [-0.2, -0.15) is 5.10 Å². The van der Waals surface area contributed by atoms with Crippen molar-refractivity contribution in [2.24, 2.45) is 0 Å². The molecule has 164 valence electrons. The minimum absolute atomic E-state index is 0.0239. The molecule has 0 aromatic carbocycles. The van der Waals surface area contributed by atoms with E-state index in [0.717, 1.165) is 16.0 Å². The number of carbonyl (C=O) groups excluding carboxylic acids is 3. The highest BCUT2D eigenvalue weighted by atomic mass is 32.1. The molecule has 2 aromatic heterocycles. The number of halogens is 2. The molecule has 0 radical (unpaired) electrons. The number of anilines is 1. The third-order valence-corrected chi connectivity index (χ3v) is 5.04. The number of aryl methyl sites for hydroxylation is 1. The molecule has 0 atom stereocenters. The minimum atomic E-state index is -2.80. The van der Waals surface area contributed by atoms with E-state index >= 15 is 0 Å². The van der Waals surface area contributed by atoms with E-state index in [2.05, 4.69) is 10.4 Å². The summed E-state index contributed by atoms with van der Waals surface area (Å²) >= 11 is 0.859. The molecule has 11 heteroatoms. The number of nitrogens with one attached hydrogen (secondary N) is 1. The Hall–Kier alpha value is -2.82. The number of carbonyl (C=O) groups is 3. The second-order valence-electron chi connectivity index (χ2n) is 6.65. The van der Waals surface area contributed by atoms with Crippen LogP contribution in [-0.2, 0) is 20.8 Å². The summed E-state index contributed by atoms with van der Waals surface area (Å²) < 4.78 is 37.4. The molecule has 0 bridgehead atoms. The van der Waals surface area contributed by atoms with Crippen molar-refractivity contribution < 1.29 is 32.6 Å². The van der Waals surface area contributed by atoms with Gasteiger partial charge in [-0.15, -0.1) is 11.3 Å². The van der Waals surface area contributed by atoms with E-state index in [1.54, 1.807) is 27.7 Å². The molecule has 8 nitrogen and oxygen atoms in total. The van der Waals surface area contributed by atoms with Crippen LogP contribution < -0.4 is 5.32 Å². The van der Waals surface area contributed by atoms with Gasteiger partial charge in [0.05, 0.1) is 24.0 Å². The number of hydrogen-bond donors (Lipinski definition) is 1. The van der Waals surface area contributed by atoms with Crippen molar-refractivity contribution in [3.8, 4) is 0 Å². The van der Waals surface area contributed by atoms with Gasteiger partial charge < -0.3 is 14.8 Å². The molecule has 0 saturated heterocycles. The summed E-state index contributed by atoms with van der Waals surface area (Å²) in [6, 6.07) is 1.19. The number of thiophene rings is 1. The normalized spacial score (nSPS) is 11.1. The van der Waals surface area contributed by atoms with Gasteiger partial charge in [0, 0.05) is 0 Å². The minimum Gasteiger partial charge on any atom is -0.462 e. The zero-order valence-corrected chi connectivity index (χ0v) is 18.1. The van der Waals surface area contributed by atoms with E-state index < -0.39 is 42.6 Å². The molecule has 0 unspecified atom stereocenters. The van der Waals surface area contributed by atoms with Gasteiger partial charge in [0.25, 0.3) is 6.43 Å². The summed E-state index contributed by atoms with van der Waals surface area (Å²) in [5.74, 6) is -2.04. The fraction of sp³-hybridized carbons (Fsp3) is 0.474. The van der Waals surface area contributed by atoms with Gasteiger partial charge in [0.15, 0.2) is 0 Å². The van der Waals surface area contributed by atoms with E-state index in [-0.39, 0.29) is 22.0 Å². The summed E-state index contributed by atoms with van der Waals surface area (Å²) in [6.45, 7) is 7.70. The summed E-state index contributed by atoms with van der Waals surface area (Å²) in [7, 11) is 0. The summed E-state index contributed by atoms with van der Waals surface area (Å²) in [4.78, 5) is 37.4. The van der Waals surface area contributed by atoms with Crippen molar-refractivity contribution in [3.63, 3.8) is 0 Å². The third kappa shape index (κ3) is 5.41. The maximum atomic E-state index is 13.1. The highest BCUT2D eigenvalue weighted by Gasteiger charge is 2.28. The van der Waals surface area contributed by atoms with Crippen LogP contribution in [0.25, 0.3) is 0 Å². The van der Waals surface area contributed by atoms with Crippen LogP contribution in [0.15, 0.2) is 6.07 Å². The maximum absolute atomic E-state index is 13.1. The number of esters is 2. The lowest BCUT2D eigenvalue weighted by molar-refractivity contribution is -0.117. The number of alkyl halides is 2. The first-order valence-corrected chi connectivity index (χ1v) is 10.0. The Balaban J connectivity index is 2.35. The van der Waals surface area contributed by atoms with E-state index in [4.69, 9.17) is 9.47 Å². The van der Waals surface area contributed by atoms with Crippen molar-refractivity contribution in [1.82, 2.24) is 9.78 Å². The van der Waals surface area contributed by atoms with Crippen molar-refractivity contribution in [1.29, 1.82) is 0 Å². The van der Waals surface area contributed by atoms with Crippen LogP contribution >= 0.6 is 11.3 Å². The Bertz CT molecular complexity index is 952. The predicted octanol–water partition coefficient (Wildman–Crippen LogP) is 3.88. The number of hydrogen-bond acceptors (Lipinski definition) is 7. The standard InChI is InChI=1S/C19H23F2N3O5S/c1-6-28-19(27)15-11(5)14(18(26)29-9(2)3)17(30-15)22-13(25)8-24-12(16(20)21)7-10(4)23-24/h7,9,16H,6,8H2,1-5H3,(H,22,25). The molecule has 2 aromatic rings. The largest absolute Gasteiger partial charge is 0.462 e. The fourth-order valence-corrected chi connectivity index (χ4v) is 3.79. The van der Waals surface area contributed by atoms with Crippen LogP contribution in [0.3, 0.4) is 0 Å². The van der Waals surface area contributed by atoms with Gasteiger partial charge >= 0.3 is 11.9 Å². The monoisotopic (exact) mass is 443 g/mol. The van der Waals surface area contributed by atoms with Gasteiger partial charge in [-0.3, -0.25) is 9.48 Å². The average molecular weight is 443 g/mol. The van der Waals surface area contributed by atoms with Gasteiger partial charge in [0.1, 0.15) is 22.1 Å². The molecule has 0 aliphatic rings. The zero-order chi connectivity index (χ0) is 22.6. The smallest absolute Gasteiger partial charge is 0.348 e. The summed E-state index contributed by atoms with van der Waals surface area (Å²) in [5.41, 5.74) is 0.283. The molecule has 1 amide bonds. The van der Waals surface area contributed by atoms with Crippen LogP contribution in [0.1, 0.15) is 64.2 Å². The zero-order valence-electron chi connectivity index (χ0n) is 17.2. The van der Waals surface area contributed by atoms with Gasteiger partial charge in [-0.25, -0.2) is 18.4 Å². The topological polar surface area (TPSA) is 99.5 Å². The van der Waals surface area contributed by atoms with Gasteiger partial charge in [0.2, 0.25) is 5.91 Å². The van der Waals surface area contributed by atoms with E-state index in [1.807, 2.05) is 0 Å². The molecule has 0 aliphatic carbocycles. The SMILES string of the molecule is CCOC(=O)c1sc(NC(=O)Cn2nc(C)cc2C(F)F)c(C(=O)OC(C)C)c1C. The van der Waals surface area contributed by atoms with Crippen LogP contribution in [-0.4, -0.2) is 40.3 Å². The molecule has 0 fully saturated rings. The third-order valence-electron chi connectivity index (χ3n) is 3.86. The van der Waals surface area contributed by atoms with Crippen LogP contribution in [0.5, 0.6) is 0 Å². The van der Waals surface area contributed by atoms with Gasteiger partial charge in [-0.1, -0.05) is 0 Å². The van der Waals surface area contributed by atoms with Gasteiger partial charge in [-0.05, 0) is 46.2 Å². The summed E-state index contributed by atoms with van der Waals surface area (Å²) in [5, 5.41) is 6.49. The van der Waals surface area contributed by atoms with E-state index in [0.29, 0.717) is 11.3 Å². The van der Waals surface area contributed by atoms with Crippen LogP contribution in [0, 0.1) is 13.8 Å². The molecule has 2 rings (SSSR count). The van der Waals surface area contributed by atoms with E-state index in [9.17, 15) is 23.2 Å². The number of rotatable bonds is 8. The molecule has 0 saturated carbocycles. The lowest BCUT2D eigenvalue weighted by atomic mass is 10.1. The molecular weight excluding hydrogens is 420 g/mol.